The molecule has 3 aromatic rings. The Bertz CT molecular complexity index is 1140. The van der Waals surface area contributed by atoms with Gasteiger partial charge in [-0.15, -0.1) is 11.3 Å². The van der Waals surface area contributed by atoms with E-state index in [1.54, 1.807) is 59.9 Å². The fraction of sp³-hybridized carbons (Fsp3) is 0.174. The summed E-state index contributed by atoms with van der Waals surface area (Å²) in [5, 5.41) is 5.69. The lowest BCUT2D eigenvalue weighted by atomic mass is 10.1. The Hall–Kier alpha value is -2.87. The molecule has 1 aliphatic rings. The van der Waals surface area contributed by atoms with E-state index >= 15 is 0 Å². The first-order valence-corrected chi connectivity index (χ1v) is 11.5. The van der Waals surface area contributed by atoms with Crippen molar-refractivity contribution in [1.29, 1.82) is 0 Å². The molecule has 2 aromatic carbocycles. The molecule has 0 aliphatic carbocycles. The molecule has 0 saturated carbocycles. The second-order valence-electron chi connectivity index (χ2n) is 7.23. The summed E-state index contributed by atoms with van der Waals surface area (Å²) in [5.41, 5.74) is 0.947. The summed E-state index contributed by atoms with van der Waals surface area (Å²) in [7, 11) is 0. The summed E-state index contributed by atoms with van der Waals surface area (Å²) in [4.78, 5) is 42.8. The molecule has 4 rings (SSSR count). The number of carbonyl (C=O) groups excluding carboxylic acids is 3. The second-order valence-corrected chi connectivity index (χ2v) is 9.14. The molecule has 0 unspecified atom stereocenters. The van der Waals surface area contributed by atoms with Crippen LogP contribution in [0.1, 0.15) is 11.3 Å². The van der Waals surface area contributed by atoms with Crippen LogP contribution < -0.4 is 10.2 Å². The number of halogens is 2. The van der Waals surface area contributed by atoms with Gasteiger partial charge in [0.2, 0.25) is 5.91 Å². The Labute approximate surface area is 199 Å². The number of anilines is 2. The monoisotopic (exact) mass is 487 g/mol. The van der Waals surface area contributed by atoms with Gasteiger partial charge in [-0.2, -0.15) is 0 Å². The minimum Gasteiger partial charge on any atom is -0.326 e. The molecule has 1 N–H and O–H groups in total. The van der Waals surface area contributed by atoms with Crippen molar-refractivity contribution in [2.45, 2.75) is 18.9 Å². The summed E-state index contributed by atoms with van der Waals surface area (Å²) in [6.45, 7) is 0.320. The van der Waals surface area contributed by atoms with Crippen LogP contribution in [0.4, 0.5) is 16.2 Å². The minimum atomic E-state index is -0.909. The van der Waals surface area contributed by atoms with Gasteiger partial charge < -0.3 is 10.2 Å². The Kier molecular flexibility index (Phi) is 6.79. The molecule has 0 spiro atoms. The van der Waals surface area contributed by atoms with E-state index in [2.05, 4.69) is 5.32 Å². The maximum Gasteiger partial charge on any atom is 0.332 e. The molecular weight excluding hydrogens is 469 g/mol. The lowest BCUT2D eigenvalue weighted by Gasteiger charge is -2.21. The normalized spacial score (nSPS) is 16.0. The Morgan fingerprint density at radius 3 is 2.47 bits per heavy atom. The molecule has 4 amide bonds. The lowest BCUT2D eigenvalue weighted by molar-refractivity contribution is -0.124. The third-order valence-electron chi connectivity index (χ3n) is 5.07. The van der Waals surface area contributed by atoms with Crippen LogP contribution in [0.15, 0.2) is 66.0 Å². The first-order valence-electron chi connectivity index (χ1n) is 9.90. The van der Waals surface area contributed by atoms with Crippen molar-refractivity contribution in [3.05, 3.63) is 81.0 Å². The largest absolute Gasteiger partial charge is 0.332 e. The Morgan fingerprint density at radius 1 is 1.00 bits per heavy atom. The van der Waals surface area contributed by atoms with Crippen LogP contribution in [-0.4, -0.2) is 35.3 Å². The third-order valence-corrected chi connectivity index (χ3v) is 6.49. The highest BCUT2D eigenvalue weighted by molar-refractivity contribution is 7.09. The van der Waals surface area contributed by atoms with E-state index in [4.69, 9.17) is 23.2 Å². The van der Waals surface area contributed by atoms with Gasteiger partial charge in [-0.05, 0) is 60.3 Å². The number of urea groups is 1. The Morgan fingerprint density at radius 2 is 1.78 bits per heavy atom. The van der Waals surface area contributed by atoms with Crippen LogP contribution >= 0.6 is 34.5 Å². The molecule has 0 radical (unpaired) electrons. The van der Waals surface area contributed by atoms with E-state index in [0.29, 0.717) is 34.4 Å². The molecule has 0 bridgehead atoms. The predicted molar refractivity (Wildman–Crippen MR) is 128 cm³/mol. The highest BCUT2D eigenvalue weighted by Gasteiger charge is 2.46. The maximum absolute atomic E-state index is 13.3. The van der Waals surface area contributed by atoms with Gasteiger partial charge in [-0.3, -0.25) is 9.59 Å². The van der Waals surface area contributed by atoms with Gasteiger partial charge in [0.15, 0.2) is 0 Å². The number of carbonyl (C=O) groups is 3. The maximum atomic E-state index is 13.3. The number of imide groups is 1. The summed E-state index contributed by atoms with van der Waals surface area (Å²) < 4.78 is 0. The average Bonchev–Trinajstić information content (AvgIpc) is 3.35. The van der Waals surface area contributed by atoms with Crippen molar-refractivity contribution in [2.24, 2.45) is 0 Å². The van der Waals surface area contributed by atoms with E-state index < -0.39 is 18.0 Å². The fourth-order valence-electron chi connectivity index (χ4n) is 3.55. The molecule has 32 heavy (non-hydrogen) atoms. The van der Waals surface area contributed by atoms with Gasteiger partial charge in [-0.25, -0.2) is 9.69 Å². The van der Waals surface area contributed by atoms with Crippen LogP contribution in [0.5, 0.6) is 0 Å². The van der Waals surface area contributed by atoms with Gasteiger partial charge in [0.25, 0.3) is 5.91 Å². The molecule has 6 nitrogen and oxygen atoms in total. The first kappa shape index (κ1) is 22.3. The van der Waals surface area contributed by atoms with E-state index in [-0.39, 0.29) is 12.3 Å². The highest BCUT2D eigenvalue weighted by Crippen LogP contribution is 2.29. The lowest BCUT2D eigenvalue weighted by Crippen LogP contribution is -2.39. The molecule has 1 aliphatic heterocycles. The number of thiophene rings is 1. The van der Waals surface area contributed by atoms with E-state index in [9.17, 15) is 14.4 Å². The SMILES string of the molecule is O=C(C[C@H]1C(=O)N(c2cccc(Cl)c2)C(=O)N1CCc1cccs1)Nc1ccc(Cl)cc1. The van der Waals surface area contributed by atoms with Gasteiger partial charge >= 0.3 is 6.03 Å². The third kappa shape index (κ3) is 4.96. The molecular formula is C23H19Cl2N3O3S. The van der Waals surface area contributed by atoms with E-state index in [0.717, 1.165) is 9.78 Å². The van der Waals surface area contributed by atoms with Crippen molar-refractivity contribution in [3.63, 3.8) is 0 Å². The summed E-state index contributed by atoms with van der Waals surface area (Å²) in [6.07, 6.45) is 0.435. The number of nitrogens with zero attached hydrogens (tertiary/aromatic N) is 2. The fourth-order valence-corrected chi connectivity index (χ4v) is 4.56. The van der Waals surface area contributed by atoms with Crippen LogP contribution in [-0.2, 0) is 16.0 Å². The zero-order valence-corrected chi connectivity index (χ0v) is 19.2. The smallest absolute Gasteiger partial charge is 0.326 e. The number of benzene rings is 2. The summed E-state index contributed by atoms with van der Waals surface area (Å²) in [6, 6.07) is 15.8. The van der Waals surface area contributed by atoms with Crippen LogP contribution in [0, 0.1) is 0 Å². The van der Waals surface area contributed by atoms with Crippen molar-refractivity contribution in [2.75, 3.05) is 16.8 Å². The quantitative estimate of drug-likeness (QED) is 0.449. The van der Waals surface area contributed by atoms with Crippen LogP contribution in [0.3, 0.4) is 0 Å². The molecule has 1 atom stereocenters. The standard InChI is InChI=1S/C23H19Cl2N3O3S/c24-15-6-8-17(9-7-15)26-21(29)14-20-22(30)28(18-4-1-3-16(25)13-18)23(31)27(20)11-10-19-5-2-12-32-19/h1-9,12-13,20H,10-11,14H2,(H,26,29)/t20-/m0/s1. The molecule has 1 fully saturated rings. The molecule has 1 saturated heterocycles. The Balaban J connectivity index is 1.55. The average molecular weight is 488 g/mol. The molecule has 9 heteroatoms. The highest BCUT2D eigenvalue weighted by atomic mass is 35.5. The van der Waals surface area contributed by atoms with Gasteiger partial charge in [0.05, 0.1) is 12.1 Å². The minimum absolute atomic E-state index is 0.158. The van der Waals surface area contributed by atoms with Crippen molar-refractivity contribution < 1.29 is 14.4 Å². The summed E-state index contributed by atoms with van der Waals surface area (Å²) >= 11 is 13.5. The van der Waals surface area contributed by atoms with Gasteiger partial charge in [-0.1, -0.05) is 35.3 Å². The number of hydrogen-bond donors (Lipinski definition) is 1. The number of amides is 4. The van der Waals surface area contributed by atoms with Gasteiger partial charge in [0, 0.05) is 27.2 Å². The topological polar surface area (TPSA) is 69.7 Å². The summed E-state index contributed by atoms with van der Waals surface area (Å²) in [5.74, 6) is -0.817. The van der Waals surface area contributed by atoms with E-state index in [1.165, 1.54) is 4.90 Å². The van der Waals surface area contributed by atoms with Crippen molar-refractivity contribution in [1.82, 2.24) is 4.90 Å². The zero-order valence-electron chi connectivity index (χ0n) is 16.8. The van der Waals surface area contributed by atoms with Gasteiger partial charge in [0.1, 0.15) is 6.04 Å². The van der Waals surface area contributed by atoms with Crippen LogP contribution in [0.25, 0.3) is 0 Å². The second kappa shape index (κ2) is 9.73. The number of nitrogens with one attached hydrogen (secondary N) is 1. The molecule has 2 heterocycles. The van der Waals surface area contributed by atoms with E-state index in [1.807, 2.05) is 17.5 Å². The first-order chi connectivity index (χ1) is 15.4. The molecule has 1 aromatic heterocycles. The van der Waals surface area contributed by atoms with Crippen molar-refractivity contribution >= 4 is 63.8 Å². The molecule has 164 valence electrons. The predicted octanol–water partition coefficient (Wildman–Crippen LogP) is 5.46. The zero-order chi connectivity index (χ0) is 22.7. The van der Waals surface area contributed by atoms with Crippen molar-refractivity contribution in [3.8, 4) is 0 Å². The number of hydrogen-bond acceptors (Lipinski definition) is 4. The number of rotatable bonds is 7. The van der Waals surface area contributed by atoms with Crippen LogP contribution in [0.2, 0.25) is 10.0 Å².